The Bertz CT molecular complexity index is 618. The molecule has 0 saturated carbocycles. The fourth-order valence-corrected chi connectivity index (χ4v) is 1.99. The van der Waals surface area contributed by atoms with Crippen molar-refractivity contribution < 1.29 is 18.0 Å². The normalized spacial score (nSPS) is 11.6. The van der Waals surface area contributed by atoms with E-state index in [-0.39, 0.29) is 5.69 Å². The van der Waals surface area contributed by atoms with Gasteiger partial charge in [-0.1, -0.05) is 0 Å². The van der Waals surface area contributed by atoms with E-state index in [1.54, 1.807) is 23.1 Å². The molecular weight excluding hydrogens is 299 g/mol. The molecule has 0 aliphatic heterocycles. The quantitative estimate of drug-likeness (QED) is 0.824. The van der Waals surface area contributed by atoms with Gasteiger partial charge >= 0.3 is 6.18 Å². The predicted molar refractivity (Wildman–Crippen MR) is 71.8 cm³/mol. The topological polar surface area (TPSA) is 64.7 Å². The van der Waals surface area contributed by atoms with E-state index < -0.39 is 24.3 Å². The molecule has 2 rings (SSSR count). The second-order valence-corrected chi connectivity index (χ2v) is 4.80. The van der Waals surface area contributed by atoms with Crippen LogP contribution in [0.3, 0.4) is 0 Å². The maximum atomic E-state index is 12.8. The minimum atomic E-state index is -4.53. The molecule has 9 heteroatoms. The van der Waals surface area contributed by atoms with Gasteiger partial charge < -0.3 is 5.32 Å². The third-order valence-corrected chi connectivity index (χ3v) is 2.93. The summed E-state index contributed by atoms with van der Waals surface area (Å²) in [5.74, 6) is -0.505. The van der Waals surface area contributed by atoms with Crippen LogP contribution in [0.4, 0.5) is 13.2 Å². The summed E-state index contributed by atoms with van der Waals surface area (Å²) in [6, 6.07) is 2.71. The fraction of sp³-hybridized carbons (Fsp3) is 0.462. The molecule has 22 heavy (non-hydrogen) atoms. The lowest BCUT2D eigenvalue weighted by molar-refractivity contribution is -0.144. The summed E-state index contributed by atoms with van der Waals surface area (Å²) in [4.78, 5) is 11.7. The van der Waals surface area contributed by atoms with Gasteiger partial charge in [0.2, 0.25) is 5.91 Å². The van der Waals surface area contributed by atoms with Gasteiger partial charge in [0.25, 0.3) is 0 Å². The van der Waals surface area contributed by atoms with E-state index in [2.05, 4.69) is 15.5 Å². The number of nitrogens with zero attached hydrogens (tertiary/aromatic N) is 4. The van der Waals surface area contributed by atoms with Gasteiger partial charge in [-0.25, -0.2) is 0 Å². The number of hydrogen-bond donors (Lipinski definition) is 1. The van der Waals surface area contributed by atoms with Gasteiger partial charge in [-0.05, 0) is 25.5 Å². The maximum absolute atomic E-state index is 12.8. The molecule has 0 unspecified atom stereocenters. The largest absolute Gasteiger partial charge is 0.433 e. The number of hydrogen-bond acceptors (Lipinski definition) is 3. The molecule has 0 spiro atoms. The van der Waals surface area contributed by atoms with E-state index >= 15 is 0 Å². The van der Waals surface area contributed by atoms with E-state index in [1.807, 2.05) is 0 Å². The summed E-state index contributed by atoms with van der Waals surface area (Å²) >= 11 is 0. The van der Waals surface area contributed by atoms with Crippen LogP contribution in [0.15, 0.2) is 24.5 Å². The summed E-state index contributed by atoms with van der Waals surface area (Å²) in [7, 11) is 0. The highest BCUT2D eigenvalue weighted by atomic mass is 19.4. The molecule has 0 fully saturated rings. The van der Waals surface area contributed by atoms with Crippen molar-refractivity contribution in [1.29, 1.82) is 0 Å². The van der Waals surface area contributed by atoms with Gasteiger partial charge in [0.05, 0.1) is 5.69 Å². The van der Waals surface area contributed by atoms with Crippen LogP contribution in [0.5, 0.6) is 0 Å². The fourth-order valence-electron chi connectivity index (χ4n) is 1.99. The van der Waals surface area contributed by atoms with Gasteiger partial charge in [-0.2, -0.15) is 23.4 Å². The van der Waals surface area contributed by atoms with E-state index in [0.29, 0.717) is 24.2 Å². The van der Waals surface area contributed by atoms with Crippen molar-refractivity contribution in [2.75, 3.05) is 6.54 Å². The van der Waals surface area contributed by atoms with E-state index in [1.165, 1.54) is 6.92 Å². The lowest BCUT2D eigenvalue weighted by atomic mass is 10.3. The third kappa shape index (κ3) is 4.34. The molecule has 0 aliphatic rings. The van der Waals surface area contributed by atoms with Crippen molar-refractivity contribution in [2.24, 2.45) is 0 Å². The van der Waals surface area contributed by atoms with Gasteiger partial charge in [0.1, 0.15) is 12.2 Å². The number of carbonyl (C=O) groups is 1. The molecule has 0 radical (unpaired) electrons. The van der Waals surface area contributed by atoms with Gasteiger partial charge in [0, 0.05) is 25.5 Å². The van der Waals surface area contributed by atoms with Crippen LogP contribution < -0.4 is 5.32 Å². The summed E-state index contributed by atoms with van der Waals surface area (Å²) in [6.45, 7) is 1.99. The van der Waals surface area contributed by atoms with E-state index in [9.17, 15) is 18.0 Å². The highest BCUT2D eigenvalue weighted by Crippen LogP contribution is 2.29. The Morgan fingerprint density at radius 3 is 2.82 bits per heavy atom. The van der Waals surface area contributed by atoms with Crippen LogP contribution in [0.25, 0.3) is 0 Å². The Morgan fingerprint density at radius 1 is 1.41 bits per heavy atom. The number of alkyl halides is 3. The van der Waals surface area contributed by atoms with Crippen molar-refractivity contribution in [3.63, 3.8) is 0 Å². The first-order valence-electron chi connectivity index (χ1n) is 6.72. The molecule has 1 amide bonds. The highest BCUT2D eigenvalue weighted by molar-refractivity contribution is 5.75. The lowest BCUT2D eigenvalue weighted by Gasteiger charge is -2.10. The van der Waals surface area contributed by atoms with Crippen LogP contribution in [0.1, 0.15) is 17.8 Å². The third-order valence-electron chi connectivity index (χ3n) is 2.93. The number of carbonyl (C=O) groups excluding carboxylic acids is 1. The summed E-state index contributed by atoms with van der Waals surface area (Å²) in [5, 5.41) is 10.3. The second-order valence-electron chi connectivity index (χ2n) is 4.80. The van der Waals surface area contributed by atoms with Gasteiger partial charge in [-0.15, -0.1) is 0 Å². The molecule has 6 nitrogen and oxygen atoms in total. The molecule has 2 aromatic rings. The number of aromatic nitrogens is 4. The lowest BCUT2D eigenvalue weighted by Crippen LogP contribution is -2.31. The second kappa shape index (κ2) is 6.63. The predicted octanol–water partition coefficient (Wildman–Crippen LogP) is 1.61. The Hall–Kier alpha value is -2.32. The zero-order valence-electron chi connectivity index (χ0n) is 12.0. The average molecular weight is 315 g/mol. The van der Waals surface area contributed by atoms with Gasteiger partial charge in [-0.3, -0.25) is 14.2 Å². The summed E-state index contributed by atoms with van der Waals surface area (Å²) in [5.41, 5.74) is -0.699. The molecule has 120 valence electrons. The Kier molecular flexibility index (Phi) is 4.84. The molecule has 0 aromatic carbocycles. The summed E-state index contributed by atoms with van der Waals surface area (Å²) < 4.78 is 40.7. The first-order valence-corrected chi connectivity index (χ1v) is 6.72. The van der Waals surface area contributed by atoms with Crippen LogP contribution in [-0.2, 0) is 24.1 Å². The molecule has 0 aliphatic carbocycles. The first kappa shape index (κ1) is 16.1. The molecule has 1 N–H and O–H groups in total. The standard InChI is InChI=1S/C13H16F3N5O/c1-10-8-11(13(14,15)16)21(19-10)9-12(22)17-4-2-6-20-7-3-5-18-20/h3,5,7-8H,2,4,6,9H2,1H3,(H,17,22). The monoisotopic (exact) mass is 315 g/mol. The molecular formula is C13H16F3N5O. The van der Waals surface area contributed by atoms with Gasteiger partial charge in [0.15, 0.2) is 0 Å². The van der Waals surface area contributed by atoms with E-state index in [4.69, 9.17) is 0 Å². The van der Waals surface area contributed by atoms with Crippen LogP contribution in [0, 0.1) is 6.92 Å². The van der Waals surface area contributed by atoms with Crippen molar-refractivity contribution in [2.45, 2.75) is 32.6 Å². The highest BCUT2D eigenvalue weighted by Gasteiger charge is 2.35. The number of nitrogens with one attached hydrogen (secondary N) is 1. The zero-order chi connectivity index (χ0) is 16.2. The van der Waals surface area contributed by atoms with Crippen molar-refractivity contribution in [1.82, 2.24) is 24.9 Å². The SMILES string of the molecule is Cc1cc(C(F)(F)F)n(CC(=O)NCCCn2cccn2)n1. The minimum absolute atomic E-state index is 0.221. The Labute approximate surface area is 124 Å². The Balaban J connectivity index is 1.82. The average Bonchev–Trinajstić information content (AvgIpc) is 3.03. The molecule has 0 bridgehead atoms. The van der Waals surface area contributed by atoms with Crippen LogP contribution in [-0.4, -0.2) is 32.0 Å². The van der Waals surface area contributed by atoms with Crippen molar-refractivity contribution >= 4 is 5.91 Å². The molecule has 2 aromatic heterocycles. The van der Waals surface area contributed by atoms with Crippen LogP contribution in [0.2, 0.25) is 0 Å². The minimum Gasteiger partial charge on any atom is -0.354 e. The number of halogens is 3. The first-order chi connectivity index (χ1) is 10.4. The van der Waals surface area contributed by atoms with Crippen molar-refractivity contribution in [3.05, 3.63) is 35.9 Å². The Morgan fingerprint density at radius 2 is 2.18 bits per heavy atom. The number of amides is 1. The number of aryl methyl sites for hydroxylation is 2. The van der Waals surface area contributed by atoms with Crippen LogP contribution >= 0.6 is 0 Å². The van der Waals surface area contributed by atoms with Crippen molar-refractivity contribution in [3.8, 4) is 0 Å². The zero-order valence-corrected chi connectivity index (χ0v) is 12.0. The summed E-state index contributed by atoms with van der Waals surface area (Å²) in [6.07, 6.45) is -0.444. The molecule has 0 saturated heterocycles. The smallest absolute Gasteiger partial charge is 0.354 e. The molecule has 2 heterocycles. The number of rotatable bonds is 6. The van der Waals surface area contributed by atoms with E-state index in [0.717, 1.165) is 6.07 Å². The maximum Gasteiger partial charge on any atom is 0.433 e. The molecule has 0 atom stereocenters.